The predicted molar refractivity (Wildman–Crippen MR) is 143 cm³/mol. The number of piperazine rings is 1. The minimum absolute atomic E-state index is 0.0177. The maximum absolute atomic E-state index is 13.6. The van der Waals surface area contributed by atoms with Gasteiger partial charge >= 0.3 is 0 Å². The summed E-state index contributed by atoms with van der Waals surface area (Å²) in [7, 11) is 0.147. The number of nitrogens with zero attached hydrogens (tertiary/aromatic N) is 5. The van der Waals surface area contributed by atoms with Gasteiger partial charge in [0.1, 0.15) is 5.82 Å². The predicted octanol–water partition coefficient (Wildman–Crippen LogP) is 3.19. The SMILES string of the molecule is CN(C)c1ccc(S(=O)(=O)N2CCC[C@H](C(=O)N3CCN(c4ccnc5cc(F)ccc45)CC3)C2)cc1. The van der Waals surface area contributed by atoms with E-state index in [1.54, 1.807) is 36.5 Å². The summed E-state index contributed by atoms with van der Waals surface area (Å²) in [6.07, 6.45) is 3.02. The van der Waals surface area contributed by atoms with Gasteiger partial charge in [-0.1, -0.05) is 0 Å². The van der Waals surface area contributed by atoms with Crippen molar-refractivity contribution in [2.24, 2.45) is 5.92 Å². The Morgan fingerprint density at radius 3 is 2.43 bits per heavy atom. The quantitative estimate of drug-likeness (QED) is 0.509. The molecule has 37 heavy (non-hydrogen) atoms. The van der Waals surface area contributed by atoms with Gasteiger partial charge in [-0.25, -0.2) is 12.8 Å². The number of anilines is 2. The number of benzene rings is 2. The molecule has 2 aliphatic rings. The van der Waals surface area contributed by atoms with E-state index in [1.807, 2.05) is 30.0 Å². The van der Waals surface area contributed by atoms with Crippen molar-refractivity contribution in [2.45, 2.75) is 17.7 Å². The summed E-state index contributed by atoms with van der Waals surface area (Å²) in [6.45, 7) is 3.03. The van der Waals surface area contributed by atoms with Crippen molar-refractivity contribution in [3.05, 3.63) is 60.5 Å². The topological polar surface area (TPSA) is 77.1 Å². The van der Waals surface area contributed by atoms with Crippen LogP contribution in [0.25, 0.3) is 10.9 Å². The highest BCUT2D eigenvalue weighted by atomic mass is 32.2. The lowest BCUT2D eigenvalue weighted by molar-refractivity contribution is -0.137. The number of hydrogen-bond acceptors (Lipinski definition) is 6. The number of pyridine rings is 1. The summed E-state index contributed by atoms with van der Waals surface area (Å²) >= 11 is 0. The van der Waals surface area contributed by atoms with Crippen molar-refractivity contribution in [3.63, 3.8) is 0 Å². The van der Waals surface area contributed by atoms with Crippen molar-refractivity contribution >= 4 is 38.2 Å². The number of halogens is 1. The second kappa shape index (κ2) is 10.3. The van der Waals surface area contributed by atoms with Gasteiger partial charge in [0.05, 0.1) is 16.3 Å². The number of aromatic nitrogens is 1. The van der Waals surface area contributed by atoms with Gasteiger partial charge in [0.15, 0.2) is 0 Å². The number of piperidine rings is 1. The Bertz CT molecular complexity index is 1390. The van der Waals surface area contributed by atoms with Gasteiger partial charge in [0.25, 0.3) is 0 Å². The Hall–Kier alpha value is -3.24. The molecule has 0 aliphatic carbocycles. The molecule has 3 heterocycles. The van der Waals surface area contributed by atoms with Crippen LogP contribution >= 0.6 is 0 Å². The van der Waals surface area contributed by atoms with E-state index in [0.717, 1.165) is 16.8 Å². The molecular formula is C27H32FN5O3S. The first kappa shape index (κ1) is 25.4. The van der Waals surface area contributed by atoms with Crippen LogP contribution in [0.1, 0.15) is 12.8 Å². The molecule has 8 nitrogen and oxygen atoms in total. The van der Waals surface area contributed by atoms with Crippen LogP contribution in [-0.2, 0) is 14.8 Å². The molecule has 5 rings (SSSR count). The first-order valence-corrected chi connectivity index (χ1v) is 14.0. The molecular weight excluding hydrogens is 493 g/mol. The highest BCUT2D eigenvalue weighted by Gasteiger charge is 2.36. The van der Waals surface area contributed by atoms with Crippen molar-refractivity contribution < 1.29 is 17.6 Å². The molecule has 0 spiro atoms. The fourth-order valence-corrected chi connectivity index (χ4v) is 6.76. The number of amides is 1. The Balaban J connectivity index is 1.23. The minimum Gasteiger partial charge on any atom is -0.378 e. The molecule has 0 N–H and O–H groups in total. The van der Waals surface area contributed by atoms with Crippen LogP contribution < -0.4 is 9.80 Å². The number of carbonyl (C=O) groups is 1. The number of hydrogen-bond donors (Lipinski definition) is 0. The molecule has 1 aromatic heterocycles. The summed E-state index contributed by atoms with van der Waals surface area (Å²) in [5.41, 5.74) is 2.51. The van der Waals surface area contributed by atoms with Gasteiger partial charge in [-0.2, -0.15) is 4.31 Å². The zero-order valence-electron chi connectivity index (χ0n) is 21.2. The van der Waals surface area contributed by atoms with Gasteiger partial charge in [-0.15, -0.1) is 0 Å². The van der Waals surface area contributed by atoms with Crippen LogP contribution in [0.15, 0.2) is 59.6 Å². The lowest BCUT2D eigenvalue weighted by Crippen LogP contribution is -2.53. The monoisotopic (exact) mass is 525 g/mol. The van der Waals surface area contributed by atoms with E-state index in [0.29, 0.717) is 51.1 Å². The molecule has 3 aromatic rings. The largest absolute Gasteiger partial charge is 0.378 e. The average Bonchev–Trinajstić information content (AvgIpc) is 2.92. The number of fused-ring (bicyclic) bond motifs is 1. The van der Waals surface area contributed by atoms with Crippen LogP contribution in [0, 0.1) is 11.7 Å². The highest BCUT2D eigenvalue weighted by Crippen LogP contribution is 2.29. The molecule has 0 unspecified atom stereocenters. The fourth-order valence-electron chi connectivity index (χ4n) is 5.24. The molecule has 0 radical (unpaired) electrons. The Kier molecular flexibility index (Phi) is 7.04. The van der Waals surface area contributed by atoms with E-state index in [-0.39, 0.29) is 29.1 Å². The summed E-state index contributed by atoms with van der Waals surface area (Å²) in [5.74, 6) is -0.647. The van der Waals surface area contributed by atoms with Gasteiger partial charge in [0, 0.05) is 82.4 Å². The molecule has 196 valence electrons. The molecule has 10 heteroatoms. The fraction of sp³-hybridized carbons (Fsp3) is 0.407. The van der Waals surface area contributed by atoms with Crippen LogP contribution in [0.3, 0.4) is 0 Å². The Morgan fingerprint density at radius 1 is 1.00 bits per heavy atom. The normalized spacial score (nSPS) is 19.3. The molecule has 2 aliphatic heterocycles. The molecule has 0 saturated carbocycles. The van der Waals surface area contributed by atoms with Crippen LogP contribution in [0.5, 0.6) is 0 Å². The van der Waals surface area contributed by atoms with E-state index in [2.05, 4.69) is 9.88 Å². The number of rotatable bonds is 5. The summed E-state index contributed by atoms with van der Waals surface area (Å²) in [5, 5.41) is 0.885. The van der Waals surface area contributed by atoms with Crippen LogP contribution in [0.4, 0.5) is 15.8 Å². The lowest BCUT2D eigenvalue weighted by Gasteiger charge is -2.39. The molecule has 2 saturated heterocycles. The first-order chi connectivity index (χ1) is 17.7. The maximum atomic E-state index is 13.6. The zero-order valence-corrected chi connectivity index (χ0v) is 22.0. The van der Waals surface area contributed by atoms with Gasteiger partial charge < -0.3 is 14.7 Å². The maximum Gasteiger partial charge on any atom is 0.243 e. The van der Waals surface area contributed by atoms with Crippen molar-refractivity contribution in [3.8, 4) is 0 Å². The molecule has 1 amide bonds. The van der Waals surface area contributed by atoms with Gasteiger partial charge in [-0.05, 0) is 55.3 Å². The molecule has 2 fully saturated rings. The van der Waals surface area contributed by atoms with Crippen LogP contribution in [0.2, 0.25) is 0 Å². The third kappa shape index (κ3) is 5.13. The second-order valence-electron chi connectivity index (χ2n) is 9.89. The summed E-state index contributed by atoms with van der Waals surface area (Å²) in [6, 6.07) is 13.4. The van der Waals surface area contributed by atoms with Gasteiger partial charge in [0.2, 0.25) is 15.9 Å². The first-order valence-electron chi connectivity index (χ1n) is 12.6. The Labute approximate surface area is 217 Å². The van der Waals surface area contributed by atoms with Crippen LogP contribution in [-0.4, -0.2) is 81.9 Å². The standard InChI is InChI=1S/C27H32FN5O3S/c1-30(2)22-6-8-23(9-7-22)37(35,36)33-13-3-4-20(19-33)27(34)32-16-14-31(15-17-32)26-11-12-29-25-18-21(28)5-10-24(25)26/h5-12,18,20H,3-4,13-17,19H2,1-2H3/t20-/m0/s1. The number of carbonyl (C=O) groups excluding carboxylic acids is 1. The minimum atomic E-state index is -3.67. The van der Waals surface area contributed by atoms with E-state index in [1.165, 1.54) is 16.4 Å². The third-order valence-electron chi connectivity index (χ3n) is 7.34. The zero-order chi connectivity index (χ0) is 26.2. The lowest BCUT2D eigenvalue weighted by atomic mass is 9.97. The van der Waals surface area contributed by atoms with Crippen molar-refractivity contribution in [1.82, 2.24) is 14.2 Å². The smallest absolute Gasteiger partial charge is 0.243 e. The third-order valence-corrected chi connectivity index (χ3v) is 9.22. The number of sulfonamides is 1. The molecule has 2 aromatic carbocycles. The van der Waals surface area contributed by atoms with E-state index >= 15 is 0 Å². The van der Waals surface area contributed by atoms with Gasteiger partial charge in [-0.3, -0.25) is 9.78 Å². The Morgan fingerprint density at radius 2 is 1.73 bits per heavy atom. The van der Waals surface area contributed by atoms with E-state index < -0.39 is 10.0 Å². The second-order valence-corrected chi connectivity index (χ2v) is 11.8. The summed E-state index contributed by atoms with van der Waals surface area (Å²) < 4.78 is 41.7. The summed E-state index contributed by atoms with van der Waals surface area (Å²) in [4.78, 5) is 23.9. The molecule has 0 bridgehead atoms. The van der Waals surface area contributed by atoms with Crippen molar-refractivity contribution in [2.75, 3.05) is 63.2 Å². The average molecular weight is 526 g/mol. The van der Waals surface area contributed by atoms with E-state index in [4.69, 9.17) is 0 Å². The molecule has 1 atom stereocenters. The van der Waals surface area contributed by atoms with E-state index in [9.17, 15) is 17.6 Å². The van der Waals surface area contributed by atoms with Crippen molar-refractivity contribution in [1.29, 1.82) is 0 Å². The highest BCUT2D eigenvalue weighted by molar-refractivity contribution is 7.89.